The van der Waals surface area contributed by atoms with Crippen molar-refractivity contribution < 1.29 is 19.4 Å². The number of benzene rings is 1. The first-order chi connectivity index (χ1) is 9.58. The fourth-order valence-corrected chi connectivity index (χ4v) is 2.20. The van der Waals surface area contributed by atoms with Gasteiger partial charge in [0.1, 0.15) is 5.82 Å². The summed E-state index contributed by atoms with van der Waals surface area (Å²) in [6.07, 6.45) is 2.86. The number of aliphatic hydroxyl groups excluding tert-OH is 1. The highest BCUT2D eigenvalue weighted by Crippen LogP contribution is 2.12. The molecule has 0 amide bonds. The number of aliphatic hydroxyl groups is 1. The highest BCUT2D eigenvalue weighted by atomic mass is 19.1. The molecule has 0 radical (unpaired) electrons. The van der Waals surface area contributed by atoms with Gasteiger partial charge in [0.05, 0.1) is 5.56 Å². The van der Waals surface area contributed by atoms with E-state index in [1.54, 1.807) is 6.07 Å². The van der Waals surface area contributed by atoms with Gasteiger partial charge < -0.3 is 15.5 Å². The molecule has 0 fully saturated rings. The second-order valence-corrected chi connectivity index (χ2v) is 4.92. The molecule has 0 spiro atoms. The Morgan fingerprint density at radius 3 is 2.70 bits per heavy atom. The van der Waals surface area contributed by atoms with E-state index in [9.17, 15) is 9.18 Å². The molecular formula is C15H22FNO3. The second kappa shape index (κ2) is 8.66. The van der Waals surface area contributed by atoms with Crippen molar-refractivity contribution >= 4 is 5.97 Å². The minimum Gasteiger partial charge on any atom is -0.478 e. The number of carboxylic acids is 1. The van der Waals surface area contributed by atoms with Gasteiger partial charge in [0.25, 0.3) is 0 Å². The van der Waals surface area contributed by atoms with Crippen LogP contribution in [0.1, 0.15) is 42.1 Å². The SMILES string of the molecule is CCCC(CCO)CNCc1ccc(C(=O)O)c(F)c1. The van der Waals surface area contributed by atoms with Crippen LogP contribution in [0.2, 0.25) is 0 Å². The van der Waals surface area contributed by atoms with Gasteiger partial charge in [0, 0.05) is 13.2 Å². The van der Waals surface area contributed by atoms with Gasteiger partial charge in [0.2, 0.25) is 0 Å². The first-order valence-electron chi connectivity index (χ1n) is 6.91. The number of hydrogen-bond acceptors (Lipinski definition) is 3. The van der Waals surface area contributed by atoms with E-state index >= 15 is 0 Å². The van der Waals surface area contributed by atoms with Gasteiger partial charge in [-0.05, 0) is 43.0 Å². The summed E-state index contributed by atoms with van der Waals surface area (Å²) in [6.45, 7) is 3.53. The molecule has 0 aliphatic carbocycles. The Balaban J connectivity index is 2.49. The van der Waals surface area contributed by atoms with Crippen molar-refractivity contribution in [3.8, 4) is 0 Å². The minimum atomic E-state index is -1.26. The van der Waals surface area contributed by atoms with E-state index < -0.39 is 11.8 Å². The quantitative estimate of drug-likeness (QED) is 0.651. The maximum atomic E-state index is 13.5. The molecular weight excluding hydrogens is 261 g/mol. The Morgan fingerprint density at radius 2 is 2.15 bits per heavy atom. The van der Waals surface area contributed by atoms with E-state index in [2.05, 4.69) is 12.2 Å². The van der Waals surface area contributed by atoms with Crippen molar-refractivity contribution in [3.05, 3.63) is 35.1 Å². The lowest BCUT2D eigenvalue weighted by Gasteiger charge is -2.15. The molecule has 0 saturated carbocycles. The maximum Gasteiger partial charge on any atom is 0.338 e. The van der Waals surface area contributed by atoms with E-state index in [1.807, 2.05) is 0 Å². The average molecular weight is 283 g/mol. The molecule has 0 saturated heterocycles. The molecule has 1 rings (SSSR count). The lowest BCUT2D eigenvalue weighted by Crippen LogP contribution is -2.23. The van der Waals surface area contributed by atoms with E-state index in [0.29, 0.717) is 18.0 Å². The van der Waals surface area contributed by atoms with Crippen molar-refractivity contribution in [1.82, 2.24) is 5.32 Å². The number of carboxylic acid groups (broad SMARTS) is 1. The van der Waals surface area contributed by atoms with Crippen LogP contribution in [0.5, 0.6) is 0 Å². The lowest BCUT2D eigenvalue weighted by molar-refractivity contribution is 0.0692. The molecule has 5 heteroatoms. The maximum absolute atomic E-state index is 13.5. The third-order valence-corrected chi connectivity index (χ3v) is 3.26. The number of nitrogens with one attached hydrogen (secondary N) is 1. The zero-order valence-electron chi connectivity index (χ0n) is 11.7. The van der Waals surface area contributed by atoms with E-state index in [0.717, 1.165) is 25.8 Å². The Morgan fingerprint density at radius 1 is 1.40 bits per heavy atom. The lowest BCUT2D eigenvalue weighted by atomic mass is 10.00. The van der Waals surface area contributed by atoms with Crippen LogP contribution in [0.25, 0.3) is 0 Å². The van der Waals surface area contributed by atoms with E-state index in [1.165, 1.54) is 12.1 Å². The highest BCUT2D eigenvalue weighted by Gasteiger charge is 2.11. The summed E-state index contributed by atoms with van der Waals surface area (Å²) in [4.78, 5) is 10.7. The summed E-state index contributed by atoms with van der Waals surface area (Å²) < 4.78 is 13.5. The Bertz CT molecular complexity index is 431. The largest absolute Gasteiger partial charge is 0.478 e. The number of aromatic carboxylic acids is 1. The number of halogens is 1. The first kappa shape index (κ1) is 16.6. The van der Waals surface area contributed by atoms with Gasteiger partial charge in [-0.15, -0.1) is 0 Å². The summed E-state index contributed by atoms with van der Waals surface area (Å²) in [5.74, 6) is -1.56. The summed E-state index contributed by atoms with van der Waals surface area (Å²) in [6, 6.07) is 4.14. The molecule has 1 unspecified atom stereocenters. The Hall–Kier alpha value is -1.46. The zero-order chi connectivity index (χ0) is 15.0. The summed E-state index contributed by atoms with van der Waals surface area (Å²) in [5.41, 5.74) is 0.407. The van der Waals surface area contributed by atoms with Crippen molar-refractivity contribution in [3.63, 3.8) is 0 Å². The predicted octanol–water partition coefficient (Wildman–Crippen LogP) is 2.41. The number of carbonyl (C=O) groups is 1. The van der Waals surface area contributed by atoms with E-state index in [4.69, 9.17) is 10.2 Å². The molecule has 3 N–H and O–H groups in total. The Labute approximate surface area is 118 Å². The third kappa shape index (κ3) is 5.27. The van der Waals surface area contributed by atoms with Crippen LogP contribution in [0.15, 0.2) is 18.2 Å². The second-order valence-electron chi connectivity index (χ2n) is 4.92. The van der Waals surface area contributed by atoms with Crippen LogP contribution in [-0.2, 0) is 6.54 Å². The normalized spacial score (nSPS) is 12.3. The van der Waals surface area contributed by atoms with Crippen molar-refractivity contribution in [2.75, 3.05) is 13.2 Å². The summed E-state index contributed by atoms with van der Waals surface area (Å²) >= 11 is 0. The topological polar surface area (TPSA) is 69.6 Å². The molecule has 112 valence electrons. The first-order valence-corrected chi connectivity index (χ1v) is 6.91. The van der Waals surface area contributed by atoms with Gasteiger partial charge in [-0.25, -0.2) is 9.18 Å². The van der Waals surface area contributed by atoms with Crippen molar-refractivity contribution in [2.45, 2.75) is 32.7 Å². The molecule has 0 bridgehead atoms. The fraction of sp³-hybridized carbons (Fsp3) is 0.533. The van der Waals surface area contributed by atoms with Crippen molar-refractivity contribution in [2.24, 2.45) is 5.92 Å². The van der Waals surface area contributed by atoms with Crippen LogP contribution in [0, 0.1) is 11.7 Å². The van der Waals surface area contributed by atoms with Gasteiger partial charge in [-0.2, -0.15) is 0 Å². The van der Waals surface area contributed by atoms with Gasteiger partial charge in [0.15, 0.2) is 0 Å². The van der Waals surface area contributed by atoms with Crippen LogP contribution >= 0.6 is 0 Å². The van der Waals surface area contributed by atoms with Crippen LogP contribution in [-0.4, -0.2) is 29.3 Å². The summed E-state index contributed by atoms with van der Waals surface area (Å²) in [7, 11) is 0. The fourth-order valence-electron chi connectivity index (χ4n) is 2.20. The molecule has 20 heavy (non-hydrogen) atoms. The van der Waals surface area contributed by atoms with Crippen LogP contribution in [0.4, 0.5) is 4.39 Å². The highest BCUT2D eigenvalue weighted by molar-refractivity contribution is 5.87. The standard InChI is InChI=1S/C15H22FNO3/c1-2-3-11(6-7-18)9-17-10-12-4-5-13(15(19)20)14(16)8-12/h4-5,8,11,17-18H,2-3,6-7,9-10H2,1H3,(H,19,20). The molecule has 1 aromatic rings. The predicted molar refractivity (Wildman–Crippen MR) is 75.2 cm³/mol. The zero-order valence-corrected chi connectivity index (χ0v) is 11.7. The molecule has 1 atom stereocenters. The number of rotatable bonds is 9. The van der Waals surface area contributed by atoms with Crippen LogP contribution in [0.3, 0.4) is 0 Å². The van der Waals surface area contributed by atoms with Gasteiger partial charge in [-0.1, -0.05) is 19.4 Å². The minimum absolute atomic E-state index is 0.175. The monoisotopic (exact) mass is 283 g/mol. The van der Waals surface area contributed by atoms with Gasteiger partial charge >= 0.3 is 5.97 Å². The number of hydrogen-bond donors (Lipinski definition) is 3. The molecule has 0 aliphatic heterocycles. The third-order valence-electron chi connectivity index (χ3n) is 3.26. The average Bonchev–Trinajstić information content (AvgIpc) is 2.39. The van der Waals surface area contributed by atoms with Crippen LogP contribution < -0.4 is 5.32 Å². The smallest absolute Gasteiger partial charge is 0.338 e. The molecule has 0 heterocycles. The molecule has 1 aromatic carbocycles. The van der Waals surface area contributed by atoms with E-state index in [-0.39, 0.29) is 12.2 Å². The van der Waals surface area contributed by atoms with Gasteiger partial charge in [-0.3, -0.25) is 0 Å². The molecule has 4 nitrogen and oxygen atoms in total. The molecule has 0 aliphatic rings. The summed E-state index contributed by atoms with van der Waals surface area (Å²) in [5, 5.41) is 20.9. The van der Waals surface area contributed by atoms with Crippen molar-refractivity contribution in [1.29, 1.82) is 0 Å². The molecule has 0 aromatic heterocycles. The Kier molecular flexibility index (Phi) is 7.18.